The first-order chi connectivity index (χ1) is 11.1. The van der Waals surface area contributed by atoms with Crippen molar-refractivity contribution < 1.29 is 38.4 Å². The molecule has 0 aliphatic heterocycles. The van der Waals surface area contributed by atoms with E-state index in [4.69, 9.17) is 9.79 Å². The fourth-order valence-electron chi connectivity index (χ4n) is 2.83. The number of unbranched alkanes of at least 4 members (excludes halogenated alkanes) is 15. The second-order valence-electron chi connectivity index (χ2n) is 6.63. The molecule has 6 heteroatoms. The van der Waals surface area contributed by atoms with E-state index >= 15 is 0 Å². The zero-order valence-corrected chi connectivity index (χ0v) is 19.7. The van der Waals surface area contributed by atoms with Gasteiger partial charge < -0.3 is 9.79 Å². The van der Waals surface area contributed by atoms with Crippen molar-refractivity contribution in [1.29, 1.82) is 0 Å². The zero-order chi connectivity index (χ0) is 17.2. The van der Waals surface area contributed by atoms with Crippen LogP contribution in [0.15, 0.2) is 0 Å². The van der Waals surface area contributed by atoms with Gasteiger partial charge in [-0.2, -0.15) is 0 Å². The third-order valence-corrected chi connectivity index (χ3v) is 4.78. The smallest absolute Gasteiger partial charge is 0.303 e. The van der Waals surface area contributed by atoms with Gasteiger partial charge in [-0.3, -0.25) is 4.52 Å². The maximum Gasteiger partial charge on any atom is 0.469 e. The molecule has 0 spiro atoms. The van der Waals surface area contributed by atoms with Gasteiger partial charge >= 0.3 is 7.82 Å². The Labute approximate surface area is 162 Å². The summed E-state index contributed by atoms with van der Waals surface area (Å²) in [7, 11) is -4.26. The second-order valence-corrected chi connectivity index (χ2v) is 7.87. The quantitative estimate of drug-likeness (QED) is 0.155. The molecule has 0 saturated carbocycles. The molecule has 24 heavy (non-hydrogen) atoms. The zero-order valence-electron chi connectivity index (χ0n) is 15.9. The molecular formula is C18H39O4PZn. The summed E-state index contributed by atoms with van der Waals surface area (Å²) in [4.78, 5) is 17.1. The van der Waals surface area contributed by atoms with E-state index in [9.17, 15) is 4.57 Å². The van der Waals surface area contributed by atoms with Gasteiger partial charge in [0.1, 0.15) is 0 Å². The molecule has 142 valence electrons. The van der Waals surface area contributed by atoms with E-state index in [0.717, 1.165) is 19.3 Å². The van der Waals surface area contributed by atoms with Crippen LogP contribution in [-0.2, 0) is 28.6 Å². The average molecular weight is 416 g/mol. The summed E-state index contributed by atoms with van der Waals surface area (Å²) in [6.07, 6.45) is 20.7. The molecule has 0 aromatic carbocycles. The summed E-state index contributed by atoms with van der Waals surface area (Å²) in [5.41, 5.74) is 0. The number of rotatable bonds is 18. The van der Waals surface area contributed by atoms with Crippen molar-refractivity contribution in [2.75, 3.05) is 6.61 Å². The summed E-state index contributed by atoms with van der Waals surface area (Å²) in [6, 6.07) is 0. The van der Waals surface area contributed by atoms with Crippen molar-refractivity contribution in [2.24, 2.45) is 0 Å². The SMILES string of the molecule is CCCCCCCCCCCCCCCCCCOP(=O)(O)O.[Zn]. The van der Waals surface area contributed by atoms with Gasteiger partial charge in [-0.15, -0.1) is 0 Å². The van der Waals surface area contributed by atoms with Crippen molar-refractivity contribution in [1.82, 2.24) is 0 Å². The Morgan fingerprint density at radius 3 is 1.21 bits per heavy atom. The average Bonchev–Trinajstić information content (AvgIpc) is 2.49. The van der Waals surface area contributed by atoms with Crippen LogP contribution < -0.4 is 0 Å². The molecule has 0 aromatic rings. The summed E-state index contributed by atoms with van der Waals surface area (Å²) in [6.45, 7) is 2.43. The number of phosphoric ester groups is 1. The molecule has 4 nitrogen and oxygen atoms in total. The first-order valence-electron chi connectivity index (χ1n) is 9.76. The van der Waals surface area contributed by atoms with Gasteiger partial charge in [-0.1, -0.05) is 103 Å². The molecule has 0 saturated heterocycles. The summed E-state index contributed by atoms with van der Waals surface area (Å²) >= 11 is 0. The normalized spacial score (nSPS) is 11.5. The van der Waals surface area contributed by atoms with Crippen molar-refractivity contribution in [3.8, 4) is 0 Å². The Morgan fingerprint density at radius 2 is 0.917 bits per heavy atom. The van der Waals surface area contributed by atoms with Gasteiger partial charge in [0.2, 0.25) is 0 Å². The predicted molar refractivity (Wildman–Crippen MR) is 97.5 cm³/mol. The van der Waals surface area contributed by atoms with Crippen molar-refractivity contribution >= 4 is 7.82 Å². The number of hydrogen-bond acceptors (Lipinski definition) is 2. The first kappa shape index (κ1) is 27.0. The summed E-state index contributed by atoms with van der Waals surface area (Å²) in [5, 5.41) is 0. The van der Waals surface area contributed by atoms with Crippen LogP contribution in [0.1, 0.15) is 110 Å². The number of hydrogen-bond donors (Lipinski definition) is 2. The van der Waals surface area contributed by atoms with Gasteiger partial charge in [0.25, 0.3) is 0 Å². The van der Waals surface area contributed by atoms with Crippen LogP contribution in [-0.4, -0.2) is 16.4 Å². The number of phosphoric acid groups is 1. The molecule has 0 aliphatic carbocycles. The van der Waals surface area contributed by atoms with E-state index in [1.807, 2.05) is 0 Å². The van der Waals surface area contributed by atoms with Gasteiger partial charge in [-0.25, -0.2) is 4.57 Å². The van der Waals surface area contributed by atoms with Gasteiger partial charge in [-0.05, 0) is 6.42 Å². The minimum absolute atomic E-state index is 0. The van der Waals surface area contributed by atoms with Crippen LogP contribution in [0, 0.1) is 0 Å². The van der Waals surface area contributed by atoms with Crippen LogP contribution in [0.3, 0.4) is 0 Å². The fraction of sp³-hybridized carbons (Fsp3) is 1.00. The van der Waals surface area contributed by atoms with E-state index in [-0.39, 0.29) is 26.1 Å². The van der Waals surface area contributed by atoms with Crippen molar-refractivity contribution in [2.45, 2.75) is 110 Å². The minimum atomic E-state index is -4.26. The van der Waals surface area contributed by atoms with Gasteiger partial charge in [0.05, 0.1) is 6.61 Å². The molecule has 0 aromatic heterocycles. The van der Waals surface area contributed by atoms with Crippen molar-refractivity contribution in [3.05, 3.63) is 0 Å². The van der Waals surface area contributed by atoms with Crippen molar-refractivity contribution in [3.63, 3.8) is 0 Å². The maximum atomic E-state index is 10.5. The minimum Gasteiger partial charge on any atom is -0.303 e. The van der Waals surface area contributed by atoms with E-state index < -0.39 is 7.82 Å². The van der Waals surface area contributed by atoms with E-state index in [0.29, 0.717) is 0 Å². The third-order valence-electron chi connectivity index (χ3n) is 4.26. The Balaban J connectivity index is 0. The molecule has 0 heterocycles. The Hall–Kier alpha value is 0.733. The van der Waals surface area contributed by atoms with Crippen LogP contribution in [0.5, 0.6) is 0 Å². The Kier molecular flexibility index (Phi) is 22.5. The summed E-state index contributed by atoms with van der Waals surface area (Å²) in [5.74, 6) is 0. The molecule has 2 N–H and O–H groups in total. The van der Waals surface area contributed by atoms with E-state index in [2.05, 4.69) is 11.4 Å². The predicted octanol–water partition coefficient (Wildman–Crippen LogP) is 6.35. The Morgan fingerprint density at radius 1 is 0.625 bits per heavy atom. The maximum absolute atomic E-state index is 10.5. The standard InChI is InChI=1S/C18H39O4P.Zn/c1-2-3-4-5-6-7-8-9-10-11-12-13-14-15-16-17-18-22-23(19,20)21;/h2-18H2,1H3,(H2,19,20,21);. The van der Waals surface area contributed by atoms with Gasteiger partial charge in [0, 0.05) is 19.5 Å². The molecule has 0 unspecified atom stereocenters. The fourth-order valence-corrected chi connectivity index (χ4v) is 3.20. The molecule has 0 fully saturated rings. The van der Waals surface area contributed by atoms with Gasteiger partial charge in [0.15, 0.2) is 0 Å². The molecule has 0 aliphatic rings. The Bertz CT molecular complexity index is 284. The third kappa shape index (κ3) is 25.0. The van der Waals surface area contributed by atoms with Crippen LogP contribution in [0.2, 0.25) is 0 Å². The topological polar surface area (TPSA) is 66.8 Å². The van der Waals surface area contributed by atoms with E-state index in [1.54, 1.807) is 0 Å². The van der Waals surface area contributed by atoms with Crippen LogP contribution in [0.4, 0.5) is 0 Å². The molecule has 0 radical (unpaired) electrons. The van der Waals surface area contributed by atoms with E-state index in [1.165, 1.54) is 83.5 Å². The molecule has 0 bridgehead atoms. The monoisotopic (exact) mass is 414 g/mol. The first-order valence-corrected chi connectivity index (χ1v) is 11.3. The second kappa shape index (κ2) is 20.1. The van der Waals surface area contributed by atoms with Crippen LogP contribution in [0.25, 0.3) is 0 Å². The van der Waals surface area contributed by atoms with Crippen LogP contribution >= 0.6 is 7.82 Å². The molecule has 0 amide bonds. The largest absolute Gasteiger partial charge is 0.469 e. The molecule has 0 atom stereocenters. The molecular weight excluding hydrogens is 377 g/mol. The summed E-state index contributed by atoms with van der Waals surface area (Å²) < 4.78 is 14.9. The molecule has 0 rings (SSSR count).